The highest BCUT2D eigenvalue weighted by Crippen LogP contribution is 2.22. The first kappa shape index (κ1) is 15.4. The van der Waals surface area contributed by atoms with E-state index in [9.17, 15) is 4.79 Å². The van der Waals surface area contributed by atoms with Gasteiger partial charge in [0.15, 0.2) is 5.82 Å². The highest BCUT2D eigenvalue weighted by molar-refractivity contribution is 7.13. The number of amides is 1. The van der Waals surface area contributed by atoms with E-state index in [-0.39, 0.29) is 18.4 Å². The Morgan fingerprint density at radius 1 is 1.48 bits per heavy atom. The molecule has 0 aliphatic heterocycles. The summed E-state index contributed by atoms with van der Waals surface area (Å²) in [5.74, 6) is 0.961. The van der Waals surface area contributed by atoms with E-state index in [1.54, 1.807) is 17.8 Å². The van der Waals surface area contributed by atoms with Crippen molar-refractivity contribution in [1.82, 2.24) is 25.2 Å². The maximum Gasteiger partial charge on any atom is 0.269 e. The molecule has 0 aromatic carbocycles. The molecule has 0 saturated heterocycles. The van der Waals surface area contributed by atoms with Gasteiger partial charge in [0.1, 0.15) is 5.69 Å². The van der Waals surface area contributed by atoms with Crippen molar-refractivity contribution in [3.8, 4) is 10.8 Å². The van der Waals surface area contributed by atoms with Crippen molar-refractivity contribution in [2.75, 3.05) is 0 Å². The van der Waals surface area contributed by atoms with Gasteiger partial charge in [0.2, 0.25) is 0 Å². The van der Waals surface area contributed by atoms with Crippen LogP contribution in [-0.4, -0.2) is 25.8 Å². The van der Waals surface area contributed by atoms with Crippen molar-refractivity contribution in [2.45, 2.75) is 26.3 Å². The third kappa shape index (κ3) is 3.31. The first-order valence-electron chi connectivity index (χ1n) is 7.23. The Morgan fingerprint density at radius 2 is 2.30 bits per heavy atom. The molecule has 7 nitrogen and oxygen atoms in total. The third-order valence-corrected chi connectivity index (χ3v) is 4.19. The maximum atomic E-state index is 12.3. The van der Waals surface area contributed by atoms with E-state index < -0.39 is 0 Å². The minimum Gasteiger partial charge on any atom is -0.343 e. The van der Waals surface area contributed by atoms with Crippen LogP contribution in [0.15, 0.2) is 28.1 Å². The quantitative estimate of drug-likeness (QED) is 0.776. The lowest BCUT2D eigenvalue weighted by Crippen LogP contribution is -2.25. The second-order valence-corrected chi connectivity index (χ2v) is 6.36. The van der Waals surface area contributed by atoms with Crippen LogP contribution >= 0.6 is 11.3 Å². The lowest BCUT2D eigenvalue weighted by Gasteiger charge is -2.01. The summed E-state index contributed by atoms with van der Waals surface area (Å²) in [6.45, 7) is 4.28. The molecule has 3 aromatic heterocycles. The van der Waals surface area contributed by atoms with Crippen LogP contribution in [0.2, 0.25) is 0 Å². The van der Waals surface area contributed by atoms with Crippen LogP contribution < -0.4 is 5.32 Å². The van der Waals surface area contributed by atoms with Crippen LogP contribution in [0.3, 0.4) is 0 Å². The number of hydrogen-bond donors (Lipinski definition) is 1. The zero-order chi connectivity index (χ0) is 16.4. The summed E-state index contributed by atoms with van der Waals surface area (Å²) in [6, 6.07) is 5.62. The molecule has 0 radical (unpaired) electrons. The second kappa shape index (κ2) is 6.33. The van der Waals surface area contributed by atoms with Gasteiger partial charge in [-0.1, -0.05) is 25.1 Å². The van der Waals surface area contributed by atoms with Crippen LogP contribution in [0.25, 0.3) is 10.8 Å². The number of thiophene rings is 1. The van der Waals surface area contributed by atoms with E-state index in [0.717, 1.165) is 10.6 Å². The molecular weight excluding hydrogens is 314 g/mol. The van der Waals surface area contributed by atoms with Gasteiger partial charge in [0.25, 0.3) is 11.8 Å². The van der Waals surface area contributed by atoms with Crippen molar-refractivity contribution in [2.24, 2.45) is 7.05 Å². The molecule has 0 atom stereocenters. The van der Waals surface area contributed by atoms with Crippen LogP contribution in [0.1, 0.15) is 41.8 Å². The summed E-state index contributed by atoms with van der Waals surface area (Å²) in [4.78, 5) is 17.4. The van der Waals surface area contributed by atoms with E-state index in [1.807, 2.05) is 31.4 Å². The normalized spacial score (nSPS) is 11.1. The highest BCUT2D eigenvalue weighted by atomic mass is 32.1. The molecule has 0 fully saturated rings. The summed E-state index contributed by atoms with van der Waals surface area (Å²) in [5, 5.41) is 12.9. The Balaban J connectivity index is 1.65. The molecule has 23 heavy (non-hydrogen) atoms. The summed E-state index contributed by atoms with van der Waals surface area (Å²) in [6.07, 6.45) is 0. The molecular formula is C15H17N5O2S. The monoisotopic (exact) mass is 331 g/mol. The first-order valence-corrected chi connectivity index (χ1v) is 8.11. The lowest BCUT2D eigenvalue weighted by atomic mass is 10.1. The molecule has 120 valence electrons. The molecule has 1 amide bonds. The van der Waals surface area contributed by atoms with Gasteiger partial charge < -0.3 is 9.84 Å². The van der Waals surface area contributed by atoms with Gasteiger partial charge >= 0.3 is 0 Å². The van der Waals surface area contributed by atoms with Crippen molar-refractivity contribution in [3.05, 3.63) is 40.8 Å². The minimum absolute atomic E-state index is 0.204. The van der Waals surface area contributed by atoms with Crippen LogP contribution in [-0.2, 0) is 13.6 Å². The fourth-order valence-electron chi connectivity index (χ4n) is 2.06. The summed E-state index contributed by atoms with van der Waals surface area (Å²) < 4.78 is 6.77. The van der Waals surface area contributed by atoms with E-state index in [4.69, 9.17) is 4.52 Å². The molecule has 8 heteroatoms. The van der Waals surface area contributed by atoms with E-state index in [0.29, 0.717) is 17.4 Å². The average molecular weight is 331 g/mol. The molecule has 0 saturated carbocycles. The van der Waals surface area contributed by atoms with Crippen molar-refractivity contribution < 1.29 is 9.32 Å². The Labute approximate surface area is 137 Å². The average Bonchev–Trinajstić information content (AvgIpc) is 3.24. The molecule has 0 unspecified atom stereocenters. The van der Waals surface area contributed by atoms with Gasteiger partial charge in [-0.3, -0.25) is 9.48 Å². The first-order chi connectivity index (χ1) is 11.0. The van der Waals surface area contributed by atoms with Gasteiger partial charge in [-0.2, -0.15) is 10.1 Å². The smallest absolute Gasteiger partial charge is 0.269 e. The molecule has 0 spiro atoms. The second-order valence-electron chi connectivity index (χ2n) is 5.41. The molecule has 0 aliphatic carbocycles. The molecule has 0 bridgehead atoms. The number of aromatic nitrogens is 4. The van der Waals surface area contributed by atoms with Gasteiger partial charge in [-0.15, -0.1) is 11.3 Å². The van der Waals surface area contributed by atoms with E-state index in [1.165, 1.54) is 11.3 Å². The topological polar surface area (TPSA) is 85.8 Å². The summed E-state index contributed by atoms with van der Waals surface area (Å²) in [7, 11) is 1.75. The number of hydrogen-bond acceptors (Lipinski definition) is 6. The largest absolute Gasteiger partial charge is 0.343 e. The lowest BCUT2D eigenvalue weighted by molar-refractivity contribution is 0.0940. The zero-order valence-electron chi connectivity index (χ0n) is 13.1. The Morgan fingerprint density at radius 3 is 2.96 bits per heavy atom. The fourth-order valence-corrected chi connectivity index (χ4v) is 2.70. The van der Waals surface area contributed by atoms with Crippen LogP contribution in [0.4, 0.5) is 0 Å². The van der Waals surface area contributed by atoms with Crippen molar-refractivity contribution in [1.29, 1.82) is 0 Å². The Hall–Kier alpha value is -2.48. The molecule has 3 aromatic rings. The standard InChI is InChI=1S/C15H17N5O2S/c1-9(2)10-7-11(20(3)18-10)14(21)16-8-13-17-15(22-19-13)12-5-4-6-23-12/h4-7,9H,8H2,1-3H3,(H,16,21). The number of aryl methyl sites for hydroxylation is 1. The van der Waals surface area contributed by atoms with Gasteiger partial charge in [-0.25, -0.2) is 0 Å². The Bertz CT molecular complexity index is 804. The number of rotatable bonds is 5. The number of carbonyl (C=O) groups is 1. The third-order valence-electron chi connectivity index (χ3n) is 3.33. The summed E-state index contributed by atoms with van der Waals surface area (Å²) in [5.41, 5.74) is 1.40. The predicted octanol–water partition coefficient (Wildman–Crippen LogP) is 2.59. The minimum atomic E-state index is -0.214. The van der Waals surface area contributed by atoms with Crippen molar-refractivity contribution in [3.63, 3.8) is 0 Å². The number of nitrogens with zero attached hydrogens (tertiary/aromatic N) is 4. The fraction of sp³-hybridized carbons (Fsp3) is 0.333. The molecule has 3 rings (SSSR count). The summed E-state index contributed by atoms with van der Waals surface area (Å²) >= 11 is 1.52. The van der Waals surface area contributed by atoms with Gasteiger partial charge in [0, 0.05) is 7.05 Å². The van der Waals surface area contributed by atoms with Crippen LogP contribution in [0.5, 0.6) is 0 Å². The van der Waals surface area contributed by atoms with E-state index in [2.05, 4.69) is 20.6 Å². The van der Waals surface area contributed by atoms with E-state index >= 15 is 0 Å². The van der Waals surface area contributed by atoms with Crippen molar-refractivity contribution >= 4 is 17.2 Å². The number of nitrogens with one attached hydrogen (secondary N) is 1. The maximum absolute atomic E-state index is 12.3. The molecule has 0 aliphatic rings. The zero-order valence-corrected chi connectivity index (χ0v) is 13.9. The Kier molecular flexibility index (Phi) is 4.24. The SMILES string of the molecule is CC(C)c1cc(C(=O)NCc2noc(-c3cccs3)n2)n(C)n1. The highest BCUT2D eigenvalue weighted by Gasteiger charge is 2.16. The van der Waals surface area contributed by atoms with Gasteiger partial charge in [0.05, 0.1) is 17.1 Å². The molecule has 3 heterocycles. The molecule has 1 N–H and O–H groups in total. The van der Waals surface area contributed by atoms with Gasteiger partial charge in [-0.05, 0) is 23.4 Å². The van der Waals surface area contributed by atoms with Crippen LogP contribution in [0, 0.1) is 0 Å². The number of carbonyl (C=O) groups excluding carboxylic acids is 1. The predicted molar refractivity (Wildman–Crippen MR) is 86.1 cm³/mol.